The number of rotatable bonds is 7. The van der Waals surface area contributed by atoms with Crippen LogP contribution in [-0.2, 0) is 21.4 Å². The normalized spacial score (nSPS) is 11.3. The van der Waals surface area contributed by atoms with E-state index in [9.17, 15) is 18.0 Å². The van der Waals surface area contributed by atoms with Crippen LogP contribution in [0.15, 0.2) is 89.8 Å². The van der Waals surface area contributed by atoms with E-state index in [4.69, 9.17) is 11.6 Å². The molecule has 0 radical (unpaired) electrons. The van der Waals surface area contributed by atoms with Gasteiger partial charge in [-0.3, -0.25) is 20.4 Å². The van der Waals surface area contributed by atoms with Gasteiger partial charge in [-0.05, 0) is 47.5 Å². The molecular formula is C23H20ClN3O4S. The smallest absolute Gasteiger partial charge is 0.268 e. The van der Waals surface area contributed by atoms with Crippen LogP contribution in [0.25, 0.3) is 6.08 Å². The zero-order valence-corrected chi connectivity index (χ0v) is 18.4. The Morgan fingerprint density at radius 2 is 1.62 bits per heavy atom. The van der Waals surface area contributed by atoms with Crippen LogP contribution in [0.2, 0.25) is 5.02 Å². The lowest BCUT2D eigenvalue weighted by molar-refractivity contribution is -0.117. The zero-order chi connectivity index (χ0) is 23.0. The van der Waals surface area contributed by atoms with E-state index < -0.39 is 21.8 Å². The lowest BCUT2D eigenvalue weighted by Gasteiger charge is -2.09. The lowest BCUT2D eigenvalue weighted by atomic mass is 10.2. The van der Waals surface area contributed by atoms with Crippen LogP contribution in [0.5, 0.6) is 0 Å². The first-order chi connectivity index (χ1) is 15.3. The standard InChI is InChI=1S/C23H20ClN3O4S/c24-20-10-4-8-17(14-20)12-13-22(28)26-27-23(29)19-9-5-11-21(15-19)32(30,31)25-16-18-6-2-1-3-7-18/h1-15,25H,16H2,(H,26,28)(H,27,29)/b13-12+. The van der Waals surface area contributed by atoms with Crippen molar-refractivity contribution in [2.45, 2.75) is 11.4 Å². The molecule has 3 rings (SSSR count). The molecule has 3 aromatic rings. The Hall–Kier alpha value is -3.46. The fourth-order valence-electron chi connectivity index (χ4n) is 2.68. The molecule has 3 N–H and O–H groups in total. The Labute approximate surface area is 191 Å². The van der Waals surface area contributed by atoms with E-state index >= 15 is 0 Å². The molecule has 0 aliphatic heterocycles. The molecule has 0 aliphatic carbocycles. The lowest BCUT2D eigenvalue weighted by Crippen LogP contribution is -2.40. The van der Waals surface area contributed by atoms with E-state index in [1.54, 1.807) is 42.5 Å². The van der Waals surface area contributed by atoms with E-state index in [1.165, 1.54) is 30.3 Å². The topological polar surface area (TPSA) is 104 Å². The predicted molar refractivity (Wildman–Crippen MR) is 123 cm³/mol. The van der Waals surface area contributed by atoms with Crippen molar-refractivity contribution in [3.8, 4) is 0 Å². The summed E-state index contributed by atoms with van der Waals surface area (Å²) >= 11 is 5.89. The summed E-state index contributed by atoms with van der Waals surface area (Å²) < 4.78 is 27.6. The molecule has 2 amide bonds. The molecule has 32 heavy (non-hydrogen) atoms. The average Bonchev–Trinajstić information content (AvgIpc) is 2.81. The van der Waals surface area contributed by atoms with Crippen molar-refractivity contribution in [1.29, 1.82) is 0 Å². The van der Waals surface area contributed by atoms with Crippen molar-refractivity contribution in [2.75, 3.05) is 0 Å². The van der Waals surface area contributed by atoms with E-state index in [0.29, 0.717) is 5.02 Å². The SMILES string of the molecule is O=C(/C=C/c1cccc(Cl)c1)NNC(=O)c1cccc(S(=O)(=O)NCc2ccccc2)c1. The molecule has 0 aliphatic rings. The minimum atomic E-state index is -3.83. The molecule has 0 saturated carbocycles. The van der Waals surface area contributed by atoms with Crippen LogP contribution < -0.4 is 15.6 Å². The molecule has 0 aromatic heterocycles. The van der Waals surface area contributed by atoms with Crippen LogP contribution in [0.3, 0.4) is 0 Å². The summed E-state index contributed by atoms with van der Waals surface area (Å²) in [6, 6.07) is 21.5. The highest BCUT2D eigenvalue weighted by Gasteiger charge is 2.16. The molecule has 3 aromatic carbocycles. The maximum atomic E-state index is 12.6. The molecule has 7 nitrogen and oxygen atoms in total. The summed E-state index contributed by atoms with van der Waals surface area (Å²) in [4.78, 5) is 24.2. The average molecular weight is 470 g/mol. The number of halogens is 1. The molecule has 0 fully saturated rings. The number of carbonyl (C=O) groups excluding carboxylic acids is 2. The summed E-state index contributed by atoms with van der Waals surface area (Å²) in [7, 11) is -3.83. The third-order valence-corrected chi connectivity index (χ3v) is 5.92. The van der Waals surface area contributed by atoms with Crippen molar-refractivity contribution in [1.82, 2.24) is 15.6 Å². The fourth-order valence-corrected chi connectivity index (χ4v) is 3.94. The maximum absolute atomic E-state index is 12.6. The van der Waals surface area contributed by atoms with Gasteiger partial charge in [0.1, 0.15) is 0 Å². The predicted octanol–water partition coefficient (Wildman–Crippen LogP) is 3.29. The zero-order valence-electron chi connectivity index (χ0n) is 16.8. The molecule has 0 unspecified atom stereocenters. The van der Waals surface area contributed by atoms with Gasteiger partial charge in [0.05, 0.1) is 4.90 Å². The van der Waals surface area contributed by atoms with Gasteiger partial charge >= 0.3 is 0 Å². The first-order valence-electron chi connectivity index (χ1n) is 9.51. The van der Waals surface area contributed by atoms with Gasteiger partial charge in [-0.2, -0.15) is 0 Å². The Kier molecular flexibility index (Phi) is 7.77. The van der Waals surface area contributed by atoms with Gasteiger partial charge in [0.25, 0.3) is 11.8 Å². The minimum Gasteiger partial charge on any atom is -0.268 e. The third kappa shape index (κ3) is 6.78. The number of hydrogen-bond acceptors (Lipinski definition) is 4. The summed E-state index contributed by atoms with van der Waals surface area (Å²) in [5.41, 5.74) is 6.10. The molecular weight excluding hydrogens is 450 g/mol. The van der Waals surface area contributed by atoms with Crippen LogP contribution in [0.4, 0.5) is 0 Å². The molecule has 0 bridgehead atoms. The van der Waals surface area contributed by atoms with Crippen molar-refractivity contribution >= 4 is 39.5 Å². The second-order valence-electron chi connectivity index (χ2n) is 6.67. The van der Waals surface area contributed by atoms with E-state index in [1.807, 2.05) is 18.2 Å². The monoisotopic (exact) mass is 469 g/mol. The molecule has 0 heterocycles. The van der Waals surface area contributed by atoms with E-state index in [-0.39, 0.29) is 17.0 Å². The Morgan fingerprint density at radius 3 is 2.38 bits per heavy atom. The van der Waals surface area contributed by atoms with Gasteiger partial charge < -0.3 is 0 Å². The van der Waals surface area contributed by atoms with Crippen LogP contribution in [0.1, 0.15) is 21.5 Å². The van der Waals surface area contributed by atoms with Crippen LogP contribution in [0, 0.1) is 0 Å². The van der Waals surface area contributed by atoms with Gasteiger partial charge in [-0.15, -0.1) is 0 Å². The van der Waals surface area contributed by atoms with E-state index in [0.717, 1.165) is 11.1 Å². The van der Waals surface area contributed by atoms with Gasteiger partial charge in [-0.25, -0.2) is 13.1 Å². The maximum Gasteiger partial charge on any atom is 0.269 e. The summed E-state index contributed by atoms with van der Waals surface area (Å²) in [6.45, 7) is 0.120. The number of sulfonamides is 1. The first-order valence-corrected chi connectivity index (χ1v) is 11.4. The third-order valence-electron chi connectivity index (χ3n) is 4.29. The Morgan fingerprint density at radius 1 is 0.875 bits per heavy atom. The number of amides is 2. The first kappa shape index (κ1) is 23.2. The molecule has 9 heteroatoms. The number of carbonyl (C=O) groups is 2. The van der Waals surface area contributed by atoms with Crippen molar-refractivity contribution in [2.24, 2.45) is 0 Å². The number of benzene rings is 3. The fraction of sp³-hybridized carbons (Fsp3) is 0.0435. The Balaban J connectivity index is 1.59. The van der Waals surface area contributed by atoms with Crippen molar-refractivity contribution in [3.05, 3.63) is 107 Å². The van der Waals surface area contributed by atoms with Gasteiger partial charge in [0.2, 0.25) is 10.0 Å². The largest absolute Gasteiger partial charge is 0.269 e. The molecule has 0 atom stereocenters. The number of nitrogens with one attached hydrogen (secondary N) is 3. The molecule has 0 saturated heterocycles. The van der Waals surface area contributed by atoms with Crippen LogP contribution >= 0.6 is 11.6 Å². The van der Waals surface area contributed by atoms with Gasteiger partial charge in [0.15, 0.2) is 0 Å². The summed E-state index contributed by atoms with van der Waals surface area (Å²) in [5.74, 6) is -1.22. The Bertz CT molecular complexity index is 1240. The second kappa shape index (κ2) is 10.7. The number of hydrogen-bond donors (Lipinski definition) is 3. The highest BCUT2D eigenvalue weighted by molar-refractivity contribution is 7.89. The van der Waals surface area contributed by atoms with Crippen LogP contribution in [-0.4, -0.2) is 20.2 Å². The van der Waals surface area contributed by atoms with Gasteiger partial charge in [0, 0.05) is 23.2 Å². The molecule has 0 spiro atoms. The van der Waals surface area contributed by atoms with Crippen molar-refractivity contribution < 1.29 is 18.0 Å². The number of hydrazine groups is 1. The van der Waals surface area contributed by atoms with Gasteiger partial charge in [-0.1, -0.05) is 60.1 Å². The minimum absolute atomic E-state index is 0.0618. The quantitative estimate of drug-likeness (QED) is 0.365. The second-order valence-corrected chi connectivity index (χ2v) is 8.87. The van der Waals surface area contributed by atoms with E-state index in [2.05, 4.69) is 15.6 Å². The summed E-state index contributed by atoms with van der Waals surface area (Å²) in [5, 5.41) is 0.536. The highest BCUT2D eigenvalue weighted by atomic mass is 35.5. The summed E-state index contributed by atoms with van der Waals surface area (Å²) in [6.07, 6.45) is 2.78. The highest BCUT2D eigenvalue weighted by Crippen LogP contribution is 2.13. The van der Waals surface area contributed by atoms with Crippen molar-refractivity contribution in [3.63, 3.8) is 0 Å². The molecule has 164 valence electrons.